The van der Waals surface area contributed by atoms with Crippen LogP contribution in [0, 0.1) is 5.82 Å². The Hall–Kier alpha value is -2.03. The number of anilines is 1. The minimum Gasteiger partial charge on any atom is -0.489 e. The molecule has 1 N–H and O–H groups in total. The molecule has 0 aliphatic carbocycles. The van der Waals surface area contributed by atoms with E-state index in [4.69, 9.17) is 4.74 Å². The highest BCUT2D eigenvalue weighted by Crippen LogP contribution is 2.29. The first kappa shape index (κ1) is 16.3. The molecule has 0 aromatic heterocycles. The van der Waals surface area contributed by atoms with Crippen molar-refractivity contribution < 1.29 is 9.13 Å². The Morgan fingerprint density at radius 1 is 1.05 bits per heavy atom. The van der Waals surface area contributed by atoms with Crippen LogP contribution >= 0.6 is 0 Å². The van der Waals surface area contributed by atoms with Crippen molar-refractivity contribution >= 4 is 5.69 Å². The second-order valence-corrected chi connectivity index (χ2v) is 5.66. The molecule has 2 nitrogen and oxygen atoms in total. The first-order chi connectivity index (χ1) is 10.6. The monoisotopic (exact) mass is 301 g/mol. The van der Waals surface area contributed by atoms with Crippen LogP contribution in [-0.2, 0) is 0 Å². The third-order valence-corrected chi connectivity index (χ3v) is 3.83. The van der Waals surface area contributed by atoms with Gasteiger partial charge in [0.15, 0.2) is 0 Å². The molecule has 0 spiro atoms. The summed E-state index contributed by atoms with van der Waals surface area (Å²) in [5, 5.41) is 3.26. The molecule has 0 heterocycles. The summed E-state index contributed by atoms with van der Waals surface area (Å²) in [7, 11) is 0. The van der Waals surface area contributed by atoms with Gasteiger partial charge in [0.05, 0.1) is 6.54 Å². The highest BCUT2D eigenvalue weighted by Gasteiger charge is 2.12. The largest absolute Gasteiger partial charge is 0.489 e. The van der Waals surface area contributed by atoms with Gasteiger partial charge in [0.1, 0.15) is 17.7 Å². The average Bonchev–Trinajstić information content (AvgIpc) is 2.54. The average molecular weight is 301 g/mol. The summed E-state index contributed by atoms with van der Waals surface area (Å²) in [4.78, 5) is 0. The van der Waals surface area contributed by atoms with Gasteiger partial charge in [0.2, 0.25) is 0 Å². The number of para-hydroxylation sites is 1. The lowest BCUT2D eigenvalue weighted by molar-refractivity contribution is 0.231. The number of nitrogens with one attached hydrogen (secondary N) is 1. The molecule has 0 aliphatic rings. The molecule has 0 saturated heterocycles. The lowest BCUT2D eigenvalue weighted by Crippen LogP contribution is -2.23. The number of ether oxygens (including phenoxy) is 1. The summed E-state index contributed by atoms with van der Waals surface area (Å²) in [5.41, 5.74) is 2.14. The van der Waals surface area contributed by atoms with Gasteiger partial charge in [-0.1, -0.05) is 32.0 Å². The maximum Gasteiger partial charge on any atom is 0.123 e. The molecular formula is C19H24FNO. The molecule has 0 saturated carbocycles. The topological polar surface area (TPSA) is 21.3 Å². The van der Waals surface area contributed by atoms with Crippen LogP contribution in [0.4, 0.5) is 10.1 Å². The Morgan fingerprint density at radius 2 is 1.73 bits per heavy atom. The van der Waals surface area contributed by atoms with E-state index in [1.807, 2.05) is 19.1 Å². The zero-order chi connectivity index (χ0) is 15.9. The Labute approximate surface area is 132 Å². The summed E-state index contributed by atoms with van der Waals surface area (Å²) in [6.07, 6.45) is 1.11. The van der Waals surface area contributed by atoms with Crippen LogP contribution in [0.3, 0.4) is 0 Å². The van der Waals surface area contributed by atoms with E-state index in [1.165, 1.54) is 17.7 Å². The zero-order valence-corrected chi connectivity index (χ0v) is 13.5. The molecule has 3 heteroatoms. The molecule has 2 rings (SSSR count). The van der Waals surface area contributed by atoms with Crippen molar-refractivity contribution in [1.82, 2.24) is 0 Å². The van der Waals surface area contributed by atoms with Gasteiger partial charge in [-0.2, -0.15) is 0 Å². The van der Waals surface area contributed by atoms with Crippen molar-refractivity contribution in [2.75, 3.05) is 11.9 Å². The Bertz CT molecular complexity index is 582. The van der Waals surface area contributed by atoms with Crippen molar-refractivity contribution in [3.05, 3.63) is 59.9 Å². The fourth-order valence-electron chi connectivity index (χ4n) is 2.30. The van der Waals surface area contributed by atoms with Gasteiger partial charge >= 0.3 is 0 Å². The number of halogens is 1. The van der Waals surface area contributed by atoms with Crippen LogP contribution in [-0.4, -0.2) is 12.6 Å². The molecule has 118 valence electrons. The Morgan fingerprint density at radius 3 is 2.41 bits per heavy atom. The van der Waals surface area contributed by atoms with Gasteiger partial charge in [0.25, 0.3) is 0 Å². The lowest BCUT2D eigenvalue weighted by atomic mass is 9.98. The van der Waals surface area contributed by atoms with Crippen LogP contribution < -0.4 is 10.1 Å². The van der Waals surface area contributed by atoms with Crippen LogP contribution in [0.5, 0.6) is 5.75 Å². The summed E-state index contributed by atoms with van der Waals surface area (Å²) in [6, 6.07) is 14.6. The maximum atomic E-state index is 12.9. The van der Waals surface area contributed by atoms with Gasteiger partial charge < -0.3 is 10.1 Å². The van der Waals surface area contributed by atoms with Gasteiger partial charge in [-0.15, -0.1) is 0 Å². The van der Waals surface area contributed by atoms with Gasteiger partial charge in [-0.05, 0) is 55.2 Å². The molecule has 22 heavy (non-hydrogen) atoms. The molecule has 2 aromatic rings. The van der Waals surface area contributed by atoms with E-state index in [-0.39, 0.29) is 11.9 Å². The van der Waals surface area contributed by atoms with E-state index in [0.29, 0.717) is 12.5 Å². The van der Waals surface area contributed by atoms with Gasteiger partial charge in [0, 0.05) is 5.69 Å². The molecule has 0 fully saturated rings. The quantitative estimate of drug-likeness (QED) is 0.757. The summed E-state index contributed by atoms with van der Waals surface area (Å²) < 4.78 is 19.0. The Kier molecular flexibility index (Phi) is 5.82. The molecule has 2 aromatic carbocycles. The number of benzene rings is 2. The molecule has 2 unspecified atom stereocenters. The number of hydrogen-bond acceptors (Lipinski definition) is 2. The van der Waals surface area contributed by atoms with Gasteiger partial charge in [-0.3, -0.25) is 0 Å². The summed E-state index contributed by atoms with van der Waals surface area (Å²) in [6.45, 7) is 7.09. The van der Waals surface area contributed by atoms with Crippen molar-refractivity contribution in [3.63, 3.8) is 0 Å². The standard InChI is InChI=1S/C19H24FNO/c1-4-14(2)18-7-5-6-8-19(18)22-15(3)13-21-17-11-9-16(20)10-12-17/h5-12,14-15,21H,4,13H2,1-3H3. The van der Waals surface area contributed by atoms with Crippen molar-refractivity contribution in [1.29, 1.82) is 0 Å². The van der Waals surface area contributed by atoms with E-state index in [1.54, 1.807) is 12.1 Å². The fraction of sp³-hybridized carbons (Fsp3) is 0.368. The van der Waals surface area contributed by atoms with Crippen LogP contribution in [0.1, 0.15) is 38.7 Å². The molecule has 0 amide bonds. The predicted molar refractivity (Wildman–Crippen MR) is 90.1 cm³/mol. The zero-order valence-electron chi connectivity index (χ0n) is 13.5. The molecule has 0 aliphatic heterocycles. The molecule has 0 radical (unpaired) electrons. The van der Waals surface area contributed by atoms with Crippen LogP contribution in [0.2, 0.25) is 0 Å². The minimum absolute atomic E-state index is 0.0234. The smallest absolute Gasteiger partial charge is 0.123 e. The minimum atomic E-state index is -0.225. The Balaban J connectivity index is 1.94. The van der Waals surface area contributed by atoms with Crippen molar-refractivity contribution in [2.24, 2.45) is 0 Å². The first-order valence-electron chi connectivity index (χ1n) is 7.85. The van der Waals surface area contributed by atoms with Crippen LogP contribution in [0.25, 0.3) is 0 Å². The number of rotatable bonds is 7. The van der Waals surface area contributed by atoms with Gasteiger partial charge in [-0.25, -0.2) is 4.39 Å². The molecular weight excluding hydrogens is 277 g/mol. The van der Waals surface area contributed by atoms with E-state index >= 15 is 0 Å². The predicted octanol–water partition coefficient (Wildman–Crippen LogP) is 5.22. The maximum absolute atomic E-state index is 12.9. The molecule has 0 bridgehead atoms. The van der Waals surface area contributed by atoms with Crippen molar-refractivity contribution in [3.8, 4) is 5.75 Å². The molecule has 2 atom stereocenters. The third kappa shape index (κ3) is 4.48. The summed E-state index contributed by atoms with van der Waals surface area (Å²) in [5.74, 6) is 1.20. The van der Waals surface area contributed by atoms with E-state index in [0.717, 1.165) is 17.9 Å². The van der Waals surface area contributed by atoms with E-state index < -0.39 is 0 Å². The van der Waals surface area contributed by atoms with Crippen molar-refractivity contribution in [2.45, 2.75) is 39.2 Å². The van der Waals surface area contributed by atoms with E-state index in [9.17, 15) is 4.39 Å². The number of hydrogen-bond donors (Lipinski definition) is 1. The SMILES string of the molecule is CCC(C)c1ccccc1OC(C)CNc1ccc(F)cc1. The lowest BCUT2D eigenvalue weighted by Gasteiger charge is -2.20. The highest BCUT2D eigenvalue weighted by atomic mass is 19.1. The highest BCUT2D eigenvalue weighted by molar-refractivity contribution is 5.43. The second kappa shape index (κ2) is 7.83. The van der Waals surface area contributed by atoms with E-state index in [2.05, 4.69) is 31.3 Å². The fourth-order valence-corrected chi connectivity index (χ4v) is 2.30. The normalized spacial score (nSPS) is 13.5. The first-order valence-corrected chi connectivity index (χ1v) is 7.85. The van der Waals surface area contributed by atoms with Crippen LogP contribution in [0.15, 0.2) is 48.5 Å². The third-order valence-electron chi connectivity index (χ3n) is 3.83. The summed E-state index contributed by atoms with van der Waals surface area (Å²) >= 11 is 0. The second-order valence-electron chi connectivity index (χ2n) is 5.66.